The Bertz CT molecular complexity index is 802. The first-order valence-electron chi connectivity index (χ1n) is 12.8. The fraction of sp³-hybridized carbons (Fsp3) is 0.655. The molecule has 4 nitrogen and oxygen atoms in total. The predicted molar refractivity (Wildman–Crippen MR) is 135 cm³/mol. The van der Waals surface area contributed by atoms with Gasteiger partial charge in [0.15, 0.2) is 36.9 Å². The summed E-state index contributed by atoms with van der Waals surface area (Å²) < 4.78 is 4.32. The molecular weight excluding hydrogens is 408 g/mol. The van der Waals surface area contributed by atoms with Crippen LogP contribution in [0.1, 0.15) is 91.2 Å². The average molecular weight is 457 g/mol. The molecule has 33 heavy (non-hydrogen) atoms. The number of aromatic nitrogens is 2. The number of unbranched alkanes of at least 4 members (excludes halogenated alkanes) is 1. The SMILES string of the molecule is CC(C)(C)CC(O)CCCCC(O)C[n+]1ccc(CCCc2cc[n+](C(C)(C)C)cc2)cc1. The normalized spacial score (nSPS) is 14.3. The Balaban J connectivity index is 1.66. The number of nitrogens with zero attached hydrogens (tertiary/aromatic N) is 2. The summed E-state index contributed by atoms with van der Waals surface area (Å²) in [5.41, 5.74) is 3.02. The molecule has 2 aromatic rings. The quantitative estimate of drug-likeness (QED) is 0.352. The van der Waals surface area contributed by atoms with Gasteiger partial charge in [-0.2, -0.15) is 0 Å². The van der Waals surface area contributed by atoms with Crippen molar-refractivity contribution in [1.82, 2.24) is 0 Å². The molecule has 2 heterocycles. The molecule has 0 amide bonds. The van der Waals surface area contributed by atoms with Gasteiger partial charge in [-0.1, -0.05) is 33.6 Å². The van der Waals surface area contributed by atoms with E-state index in [2.05, 4.69) is 99.7 Å². The third kappa shape index (κ3) is 11.3. The highest BCUT2D eigenvalue weighted by Gasteiger charge is 2.20. The second-order valence-corrected chi connectivity index (χ2v) is 11.9. The van der Waals surface area contributed by atoms with E-state index >= 15 is 0 Å². The van der Waals surface area contributed by atoms with E-state index in [0.29, 0.717) is 6.54 Å². The van der Waals surface area contributed by atoms with E-state index in [0.717, 1.165) is 51.4 Å². The molecule has 2 unspecified atom stereocenters. The van der Waals surface area contributed by atoms with E-state index < -0.39 is 0 Å². The molecule has 2 aromatic heterocycles. The Morgan fingerprint density at radius 1 is 0.697 bits per heavy atom. The molecule has 2 rings (SSSR count). The van der Waals surface area contributed by atoms with Gasteiger partial charge in [0.05, 0.1) is 6.10 Å². The molecule has 184 valence electrons. The van der Waals surface area contributed by atoms with Crippen molar-refractivity contribution in [2.24, 2.45) is 5.41 Å². The summed E-state index contributed by atoms with van der Waals surface area (Å²) >= 11 is 0. The molecular formula is C29H48N2O2+2. The van der Waals surface area contributed by atoms with Crippen molar-refractivity contribution in [2.75, 3.05) is 0 Å². The minimum absolute atomic E-state index is 0.125. The third-order valence-corrected chi connectivity index (χ3v) is 6.16. The maximum atomic E-state index is 10.4. The summed E-state index contributed by atoms with van der Waals surface area (Å²) in [6.07, 6.45) is 15.6. The molecule has 0 saturated carbocycles. The van der Waals surface area contributed by atoms with E-state index in [1.54, 1.807) is 0 Å². The number of aliphatic hydroxyl groups is 2. The topological polar surface area (TPSA) is 48.2 Å². The summed E-state index contributed by atoms with van der Waals surface area (Å²) in [6, 6.07) is 8.82. The largest absolute Gasteiger partial charge is 0.393 e. The van der Waals surface area contributed by atoms with Crippen LogP contribution < -0.4 is 9.13 Å². The molecule has 0 aromatic carbocycles. The molecule has 0 saturated heterocycles. The van der Waals surface area contributed by atoms with Gasteiger partial charge in [0.1, 0.15) is 6.10 Å². The van der Waals surface area contributed by atoms with Crippen LogP contribution in [0.4, 0.5) is 0 Å². The zero-order valence-electron chi connectivity index (χ0n) is 21.9. The Kier molecular flexibility index (Phi) is 10.5. The zero-order valence-corrected chi connectivity index (χ0v) is 21.9. The highest BCUT2D eigenvalue weighted by Crippen LogP contribution is 2.23. The van der Waals surface area contributed by atoms with Crippen LogP contribution in [0.15, 0.2) is 49.1 Å². The number of aryl methyl sites for hydroxylation is 2. The lowest BCUT2D eigenvalue weighted by Gasteiger charge is -2.22. The monoisotopic (exact) mass is 456 g/mol. The fourth-order valence-electron chi connectivity index (χ4n) is 4.25. The smallest absolute Gasteiger partial charge is 0.174 e. The van der Waals surface area contributed by atoms with Gasteiger partial charge in [-0.3, -0.25) is 0 Å². The summed E-state index contributed by atoms with van der Waals surface area (Å²) in [5, 5.41) is 20.5. The Hall–Kier alpha value is -1.78. The molecule has 0 aliphatic rings. The maximum absolute atomic E-state index is 10.4. The fourth-order valence-corrected chi connectivity index (χ4v) is 4.25. The number of rotatable bonds is 12. The third-order valence-electron chi connectivity index (χ3n) is 6.16. The Labute approximate surface area is 202 Å². The van der Waals surface area contributed by atoms with Crippen LogP contribution in [0.3, 0.4) is 0 Å². The highest BCUT2D eigenvalue weighted by atomic mass is 16.3. The molecule has 0 aliphatic carbocycles. The van der Waals surface area contributed by atoms with Gasteiger partial charge in [0.2, 0.25) is 0 Å². The summed E-state index contributed by atoms with van der Waals surface area (Å²) in [6.45, 7) is 13.8. The van der Waals surface area contributed by atoms with E-state index in [-0.39, 0.29) is 23.2 Å². The molecule has 2 N–H and O–H groups in total. The first kappa shape index (κ1) is 27.5. The van der Waals surface area contributed by atoms with Crippen molar-refractivity contribution in [3.63, 3.8) is 0 Å². The van der Waals surface area contributed by atoms with E-state index in [4.69, 9.17) is 0 Å². The van der Waals surface area contributed by atoms with Crippen molar-refractivity contribution in [3.05, 3.63) is 60.2 Å². The first-order chi connectivity index (χ1) is 15.4. The van der Waals surface area contributed by atoms with Crippen LogP contribution in [0.2, 0.25) is 0 Å². The number of pyridine rings is 2. The van der Waals surface area contributed by atoms with Gasteiger partial charge in [-0.05, 0) is 55.1 Å². The van der Waals surface area contributed by atoms with Crippen LogP contribution >= 0.6 is 0 Å². The van der Waals surface area contributed by atoms with Gasteiger partial charge in [-0.15, -0.1) is 0 Å². The minimum Gasteiger partial charge on any atom is -0.393 e. The summed E-state index contributed by atoms with van der Waals surface area (Å²) in [4.78, 5) is 0. The minimum atomic E-state index is -0.338. The van der Waals surface area contributed by atoms with E-state index in [1.807, 2.05) is 0 Å². The maximum Gasteiger partial charge on any atom is 0.174 e. The van der Waals surface area contributed by atoms with Gasteiger partial charge in [0.25, 0.3) is 0 Å². The van der Waals surface area contributed by atoms with Crippen LogP contribution in [0, 0.1) is 5.41 Å². The van der Waals surface area contributed by atoms with E-state index in [9.17, 15) is 10.2 Å². The van der Waals surface area contributed by atoms with Gasteiger partial charge in [-0.25, -0.2) is 9.13 Å². The molecule has 0 radical (unpaired) electrons. The molecule has 0 aliphatic heterocycles. The van der Waals surface area contributed by atoms with Crippen molar-refractivity contribution in [2.45, 2.75) is 117 Å². The summed E-state index contributed by atoms with van der Waals surface area (Å²) in [7, 11) is 0. The first-order valence-corrected chi connectivity index (χ1v) is 12.8. The molecule has 0 bridgehead atoms. The second-order valence-electron chi connectivity index (χ2n) is 11.9. The Morgan fingerprint density at radius 2 is 1.18 bits per heavy atom. The highest BCUT2D eigenvalue weighted by molar-refractivity contribution is 5.10. The van der Waals surface area contributed by atoms with Crippen LogP contribution in [-0.2, 0) is 24.9 Å². The van der Waals surface area contributed by atoms with Crippen LogP contribution in [0.5, 0.6) is 0 Å². The van der Waals surface area contributed by atoms with Crippen LogP contribution in [0.25, 0.3) is 0 Å². The lowest BCUT2D eigenvalue weighted by Crippen LogP contribution is -2.49. The van der Waals surface area contributed by atoms with Crippen molar-refractivity contribution < 1.29 is 19.3 Å². The van der Waals surface area contributed by atoms with Gasteiger partial charge < -0.3 is 10.2 Å². The number of hydrogen-bond donors (Lipinski definition) is 2. The van der Waals surface area contributed by atoms with Gasteiger partial charge in [0, 0.05) is 45.0 Å². The predicted octanol–water partition coefficient (Wildman–Crippen LogP) is 4.91. The molecule has 0 fully saturated rings. The summed E-state index contributed by atoms with van der Waals surface area (Å²) in [5.74, 6) is 0. The van der Waals surface area contributed by atoms with Crippen molar-refractivity contribution in [3.8, 4) is 0 Å². The molecule has 0 spiro atoms. The van der Waals surface area contributed by atoms with Crippen molar-refractivity contribution in [1.29, 1.82) is 0 Å². The standard InChI is InChI=1S/C29H48N2O2/c1-28(2,3)22-26(32)12-7-8-13-27(33)23-30-18-14-24(15-19-30)10-9-11-25-16-20-31(21-17-25)29(4,5)6/h14-21,26-27,32-33H,7-13,22-23H2,1-6H3/q+2. The lowest BCUT2D eigenvalue weighted by molar-refractivity contribution is -0.754. The lowest BCUT2D eigenvalue weighted by atomic mass is 9.87. The Morgan fingerprint density at radius 3 is 1.67 bits per heavy atom. The van der Waals surface area contributed by atoms with Gasteiger partial charge >= 0.3 is 0 Å². The second kappa shape index (κ2) is 12.6. The number of aliphatic hydroxyl groups excluding tert-OH is 2. The van der Waals surface area contributed by atoms with E-state index in [1.165, 1.54) is 11.1 Å². The zero-order chi connectivity index (χ0) is 24.5. The van der Waals surface area contributed by atoms with Crippen LogP contribution in [-0.4, -0.2) is 22.4 Å². The van der Waals surface area contributed by atoms with Crippen molar-refractivity contribution >= 4 is 0 Å². The molecule has 4 heteroatoms. The molecule has 2 atom stereocenters. The number of hydrogen-bond acceptors (Lipinski definition) is 2. The average Bonchev–Trinajstić information content (AvgIpc) is 2.71.